The highest BCUT2D eigenvalue weighted by molar-refractivity contribution is 5.37. The minimum atomic E-state index is -0.667. The summed E-state index contributed by atoms with van der Waals surface area (Å²) < 4.78 is 5.52. The first-order chi connectivity index (χ1) is 8.65. The van der Waals surface area contributed by atoms with Crippen molar-refractivity contribution in [2.45, 2.75) is 39.7 Å². The van der Waals surface area contributed by atoms with Gasteiger partial charge in [-0.25, -0.2) is 0 Å². The standard InChI is InChI=1S/C16H20O2/c1-4-12-7-8-13(5-2)14(10-12)16(17)15-9-6-11(3)18-15/h6-10,16-17H,4-5H2,1-3H3. The van der Waals surface area contributed by atoms with Gasteiger partial charge in [0.2, 0.25) is 0 Å². The summed E-state index contributed by atoms with van der Waals surface area (Å²) >= 11 is 0. The van der Waals surface area contributed by atoms with Gasteiger partial charge >= 0.3 is 0 Å². The summed E-state index contributed by atoms with van der Waals surface area (Å²) in [5, 5.41) is 10.4. The van der Waals surface area contributed by atoms with Gasteiger partial charge in [0.1, 0.15) is 17.6 Å². The molecule has 1 aromatic carbocycles. The Morgan fingerprint density at radius 1 is 1.11 bits per heavy atom. The van der Waals surface area contributed by atoms with Gasteiger partial charge in [0.25, 0.3) is 0 Å². The molecule has 0 aliphatic rings. The molecule has 2 rings (SSSR count). The van der Waals surface area contributed by atoms with Crippen LogP contribution in [0.25, 0.3) is 0 Å². The van der Waals surface area contributed by atoms with Crippen LogP contribution in [0.4, 0.5) is 0 Å². The molecule has 1 atom stereocenters. The highest BCUT2D eigenvalue weighted by Crippen LogP contribution is 2.27. The molecule has 2 aromatic rings. The molecule has 0 aliphatic carbocycles. The van der Waals surface area contributed by atoms with E-state index in [0.29, 0.717) is 5.76 Å². The minimum absolute atomic E-state index is 0.621. The lowest BCUT2D eigenvalue weighted by Crippen LogP contribution is -2.03. The molecule has 0 spiro atoms. The van der Waals surface area contributed by atoms with Crippen LogP contribution in [0, 0.1) is 6.92 Å². The van der Waals surface area contributed by atoms with Crippen molar-refractivity contribution >= 4 is 0 Å². The van der Waals surface area contributed by atoms with E-state index in [-0.39, 0.29) is 0 Å². The van der Waals surface area contributed by atoms with Gasteiger partial charge in [-0.15, -0.1) is 0 Å². The van der Waals surface area contributed by atoms with Crippen LogP contribution in [0.15, 0.2) is 34.7 Å². The highest BCUT2D eigenvalue weighted by atomic mass is 16.4. The summed E-state index contributed by atoms with van der Waals surface area (Å²) in [6.45, 7) is 6.11. The highest BCUT2D eigenvalue weighted by Gasteiger charge is 2.17. The van der Waals surface area contributed by atoms with Crippen LogP contribution in [0.3, 0.4) is 0 Å². The van der Waals surface area contributed by atoms with E-state index in [1.165, 1.54) is 11.1 Å². The molecule has 2 nitrogen and oxygen atoms in total. The lowest BCUT2D eigenvalue weighted by Gasteiger charge is -2.14. The van der Waals surface area contributed by atoms with E-state index in [9.17, 15) is 5.11 Å². The molecule has 1 heterocycles. The number of rotatable bonds is 4. The Balaban J connectivity index is 2.41. The summed E-state index contributed by atoms with van der Waals surface area (Å²) in [6.07, 6.45) is 1.22. The Hall–Kier alpha value is -1.54. The predicted molar refractivity (Wildman–Crippen MR) is 72.7 cm³/mol. The number of aliphatic hydroxyl groups excluding tert-OH is 1. The van der Waals surface area contributed by atoms with Gasteiger partial charge < -0.3 is 9.52 Å². The van der Waals surface area contributed by atoms with E-state index in [1.54, 1.807) is 0 Å². The average Bonchev–Trinajstić information content (AvgIpc) is 2.83. The van der Waals surface area contributed by atoms with Gasteiger partial charge in [-0.05, 0) is 48.6 Å². The fourth-order valence-electron chi connectivity index (χ4n) is 2.19. The maximum atomic E-state index is 10.4. The van der Waals surface area contributed by atoms with Crippen molar-refractivity contribution in [1.82, 2.24) is 0 Å². The van der Waals surface area contributed by atoms with Crippen LogP contribution in [-0.4, -0.2) is 5.11 Å². The van der Waals surface area contributed by atoms with E-state index in [4.69, 9.17) is 4.42 Å². The molecule has 1 aromatic heterocycles. The van der Waals surface area contributed by atoms with E-state index < -0.39 is 6.10 Å². The van der Waals surface area contributed by atoms with Crippen LogP contribution in [0.2, 0.25) is 0 Å². The van der Waals surface area contributed by atoms with Gasteiger partial charge in [-0.3, -0.25) is 0 Å². The Kier molecular flexibility index (Phi) is 3.87. The van der Waals surface area contributed by atoms with E-state index in [2.05, 4.69) is 32.0 Å². The summed E-state index contributed by atoms with van der Waals surface area (Å²) in [7, 11) is 0. The number of furan rings is 1. The van der Waals surface area contributed by atoms with E-state index in [0.717, 1.165) is 24.2 Å². The monoisotopic (exact) mass is 244 g/mol. The number of hydrogen-bond acceptors (Lipinski definition) is 2. The molecule has 0 fully saturated rings. The molecule has 0 radical (unpaired) electrons. The first-order valence-corrected chi connectivity index (χ1v) is 6.51. The summed E-state index contributed by atoms with van der Waals surface area (Å²) in [4.78, 5) is 0. The molecule has 1 unspecified atom stereocenters. The van der Waals surface area contributed by atoms with Crippen LogP contribution >= 0.6 is 0 Å². The molecule has 0 saturated heterocycles. The molecule has 96 valence electrons. The van der Waals surface area contributed by atoms with Crippen molar-refractivity contribution in [3.05, 3.63) is 58.5 Å². The van der Waals surface area contributed by atoms with Crippen molar-refractivity contribution in [3.63, 3.8) is 0 Å². The van der Waals surface area contributed by atoms with Crippen molar-refractivity contribution < 1.29 is 9.52 Å². The van der Waals surface area contributed by atoms with Crippen LogP contribution in [0.1, 0.15) is 48.2 Å². The molecule has 18 heavy (non-hydrogen) atoms. The van der Waals surface area contributed by atoms with Crippen molar-refractivity contribution in [3.8, 4) is 0 Å². The normalized spacial score (nSPS) is 12.7. The minimum Gasteiger partial charge on any atom is -0.463 e. The van der Waals surface area contributed by atoms with Crippen molar-refractivity contribution in [1.29, 1.82) is 0 Å². The third kappa shape index (κ3) is 2.49. The van der Waals surface area contributed by atoms with Gasteiger partial charge in [-0.1, -0.05) is 32.0 Å². The van der Waals surface area contributed by atoms with Crippen LogP contribution < -0.4 is 0 Å². The van der Waals surface area contributed by atoms with E-state index >= 15 is 0 Å². The SMILES string of the molecule is CCc1ccc(CC)c(C(O)c2ccc(C)o2)c1. The van der Waals surface area contributed by atoms with Gasteiger partial charge in [0.05, 0.1) is 0 Å². The quantitative estimate of drug-likeness (QED) is 0.887. The number of hydrogen-bond donors (Lipinski definition) is 1. The van der Waals surface area contributed by atoms with E-state index in [1.807, 2.05) is 19.1 Å². The maximum absolute atomic E-state index is 10.4. The fourth-order valence-corrected chi connectivity index (χ4v) is 2.19. The summed E-state index contributed by atoms with van der Waals surface area (Å²) in [5.74, 6) is 1.45. The third-order valence-corrected chi connectivity index (χ3v) is 3.32. The zero-order valence-corrected chi connectivity index (χ0v) is 11.2. The smallest absolute Gasteiger partial charge is 0.137 e. The summed E-state index contributed by atoms with van der Waals surface area (Å²) in [5.41, 5.74) is 3.38. The second-order valence-electron chi connectivity index (χ2n) is 4.59. The number of aryl methyl sites for hydroxylation is 3. The largest absolute Gasteiger partial charge is 0.463 e. The van der Waals surface area contributed by atoms with Gasteiger partial charge in [0, 0.05) is 0 Å². The maximum Gasteiger partial charge on any atom is 0.137 e. The lowest BCUT2D eigenvalue weighted by atomic mass is 9.96. The molecule has 0 amide bonds. The van der Waals surface area contributed by atoms with Crippen LogP contribution in [0.5, 0.6) is 0 Å². The zero-order valence-electron chi connectivity index (χ0n) is 11.2. The second-order valence-corrected chi connectivity index (χ2v) is 4.59. The first-order valence-electron chi connectivity index (χ1n) is 6.51. The molecular weight excluding hydrogens is 224 g/mol. The Bertz CT molecular complexity index is 526. The molecule has 0 bridgehead atoms. The topological polar surface area (TPSA) is 33.4 Å². The third-order valence-electron chi connectivity index (χ3n) is 3.32. The fraction of sp³-hybridized carbons (Fsp3) is 0.375. The first kappa shape index (κ1) is 12.9. The van der Waals surface area contributed by atoms with Crippen molar-refractivity contribution in [2.75, 3.05) is 0 Å². The number of benzene rings is 1. The lowest BCUT2D eigenvalue weighted by molar-refractivity contribution is 0.186. The Morgan fingerprint density at radius 2 is 1.89 bits per heavy atom. The van der Waals surface area contributed by atoms with Gasteiger partial charge in [0.15, 0.2) is 0 Å². The van der Waals surface area contributed by atoms with Crippen LogP contribution in [-0.2, 0) is 12.8 Å². The Labute approximate surface area is 108 Å². The summed E-state index contributed by atoms with van der Waals surface area (Å²) in [6, 6.07) is 10.0. The van der Waals surface area contributed by atoms with Gasteiger partial charge in [-0.2, -0.15) is 0 Å². The van der Waals surface area contributed by atoms with Crippen molar-refractivity contribution in [2.24, 2.45) is 0 Å². The molecular formula is C16H20O2. The number of aliphatic hydroxyl groups is 1. The Morgan fingerprint density at radius 3 is 2.44 bits per heavy atom. The predicted octanol–water partition coefficient (Wildman–Crippen LogP) is 3.79. The average molecular weight is 244 g/mol. The molecule has 1 N–H and O–H groups in total. The molecule has 0 saturated carbocycles. The second kappa shape index (κ2) is 5.40. The molecule has 2 heteroatoms. The zero-order chi connectivity index (χ0) is 13.1. The molecule has 0 aliphatic heterocycles.